The second kappa shape index (κ2) is 5.64. The summed E-state index contributed by atoms with van der Waals surface area (Å²) in [5, 5.41) is 15.4. The van der Waals surface area contributed by atoms with Crippen molar-refractivity contribution in [3.05, 3.63) is 35.4 Å². The Morgan fingerprint density at radius 2 is 1.87 bits per heavy atom. The molecule has 3 N–H and O–H groups in total. The van der Waals surface area contributed by atoms with E-state index in [2.05, 4.69) is 10.6 Å². The van der Waals surface area contributed by atoms with E-state index in [1.165, 1.54) is 19.3 Å². The number of hydrogen-bond acceptors (Lipinski definition) is 3. The molecule has 5 heteroatoms. The average molecular weight is 316 g/mol. The number of rotatable bonds is 4. The lowest BCUT2D eigenvalue weighted by atomic mass is 9.80. The van der Waals surface area contributed by atoms with Crippen LogP contribution in [0, 0.1) is 5.41 Å². The van der Waals surface area contributed by atoms with Crippen molar-refractivity contribution in [2.45, 2.75) is 51.1 Å². The minimum Gasteiger partial charge on any atom is -0.478 e. The summed E-state index contributed by atoms with van der Waals surface area (Å²) in [7, 11) is 0. The number of hydrogen-bond donors (Lipinski definition) is 3. The van der Waals surface area contributed by atoms with Crippen molar-refractivity contribution in [3.63, 3.8) is 0 Å². The number of carboxylic acid groups (broad SMARTS) is 1. The first kappa shape index (κ1) is 16.0. The number of aromatic carboxylic acids is 1. The molecule has 2 aliphatic rings. The van der Waals surface area contributed by atoms with Crippen LogP contribution in [0.3, 0.4) is 0 Å². The topological polar surface area (TPSA) is 78.4 Å². The Kier molecular flexibility index (Phi) is 3.92. The zero-order valence-electron chi connectivity index (χ0n) is 13.7. The number of nitrogens with one attached hydrogen (secondary N) is 2. The fourth-order valence-corrected chi connectivity index (χ4v) is 3.62. The van der Waals surface area contributed by atoms with Crippen LogP contribution < -0.4 is 10.6 Å². The van der Waals surface area contributed by atoms with E-state index in [1.807, 2.05) is 13.8 Å². The second-order valence-corrected chi connectivity index (χ2v) is 7.31. The van der Waals surface area contributed by atoms with Gasteiger partial charge in [-0.2, -0.15) is 0 Å². The van der Waals surface area contributed by atoms with Crippen LogP contribution >= 0.6 is 0 Å². The van der Waals surface area contributed by atoms with Crippen LogP contribution in [0.1, 0.15) is 61.5 Å². The molecule has 1 aromatic carbocycles. The van der Waals surface area contributed by atoms with Crippen LogP contribution in [-0.2, 0) is 4.79 Å². The van der Waals surface area contributed by atoms with E-state index in [9.17, 15) is 9.59 Å². The van der Waals surface area contributed by atoms with Gasteiger partial charge in [-0.1, -0.05) is 12.1 Å². The van der Waals surface area contributed by atoms with E-state index in [-0.39, 0.29) is 17.5 Å². The zero-order valence-corrected chi connectivity index (χ0v) is 13.7. The highest BCUT2D eigenvalue weighted by Gasteiger charge is 2.52. The first-order valence-electron chi connectivity index (χ1n) is 8.23. The summed E-state index contributed by atoms with van der Waals surface area (Å²) in [6.45, 7) is 4.81. The minimum absolute atomic E-state index is 0.0262. The molecule has 1 aliphatic carbocycles. The number of benzene rings is 1. The summed E-state index contributed by atoms with van der Waals surface area (Å²) in [5.74, 6) is -0.917. The van der Waals surface area contributed by atoms with Gasteiger partial charge in [0.15, 0.2) is 0 Å². The maximum atomic E-state index is 12.7. The average Bonchev–Trinajstić information content (AvgIpc) is 3.25. The van der Waals surface area contributed by atoms with Gasteiger partial charge in [0, 0.05) is 0 Å². The summed E-state index contributed by atoms with van der Waals surface area (Å²) < 4.78 is 0. The number of carbonyl (C=O) groups excluding carboxylic acids is 1. The molecule has 0 aromatic heterocycles. The van der Waals surface area contributed by atoms with Crippen LogP contribution in [0.25, 0.3) is 0 Å². The van der Waals surface area contributed by atoms with Gasteiger partial charge >= 0.3 is 5.97 Å². The molecule has 1 aromatic rings. The number of carboxylic acids is 1. The normalized spacial score (nSPS) is 26.5. The molecule has 1 saturated carbocycles. The van der Waals surface area contributed by atoms with Crippen molar-refractivity contribution in [2.24, 2.45) is 5.41 Å². The quantitative estimate of drug-likeness (QED) is 0.797. The molecular weight excluding hydrogens is 292 g/mol. The number of piperidine rings is 1. The number of carbonyl (C=O) groups is 2. The molecule has 2 fully saturated rings. The van der Waals surface area contributed by atoms with E-state index < -0.39 is 11.5 Å². The molecule has 2 atom stereocenters. The molecule has 3 rings (SSSR count). The molecular formula is C18H24N2O3. The van der Waals surface area contributed by atoms with Gasteiger partial charge in [0.25, 0.3) is 0 Å². The van der Waals surface area contributed by atoms with Crippen LogP contribution in [0.4, 0.5) is 0 Å². The smallest absolute Gasteiger partial charge is 0.335 e. The Balaban J connectivity index is 1.65. The molecule has 1 aliphatic heterocycles. The maximum absolute atomic E-state index is 12.7. The van der Waals surface area contributed by atoms with E-state index in [0.717, 1.165) is 18.5 Å². The van der Waals surface area contributed by atoms with Crippen molar-refractivity contribution in [3.8, 4) is 0 Å². The highest BCUT2D eigenvalue weighted by molar-refractivity contribution is 5.88. The van der Waals surface area contributed by atoms with Gasteiger partial charge < -0.3 is 15.7 Å². The van der Waals surface area contributed by atoms with Crippen LogP contribution in [0.15, 0.2) is 24.3 Å². The van der Waals surface area contributed by atoms with E-state index in [0.29, 0.717) is 5.41 Å². The van der Waals surface area contributed by atoms with Gasteiger partial charge in [-0.25, -0.2) is 4.79 Å². The summed E-state index contributed by atoms with van der Waals surface area (Å²) in [6.07, 6.45) is 4.55. The molecule has 1 heterocycles. The van der Waals surface area contributed by atoms with E-state index >= 15 is 0 Å². The molecule has 0 radical (unpaired) electrons. The SMILES string of the molecule is C[C@H](NC(=O)C1(C)CC2(CCN1)CC2)c1ccc(C(=O)O)cc1. The summed E-state index contributed by atoms with van der Waals surface area (Å²) in [4.78, 5) is 23.6. The molecule has 1 amide bonds. The van der Waals surface area contributed by atoms with Crippen molar-refractivity contribution >= 4 is 11.9 Å². The highest BCUT2D eigenvalue weighted by Crippen LogP contribution is 2.55. The Hall–Kier alpha value is -1.88. The lowest BCUT2D eigenvalue weighted by Crippen LogP contribution is -2.59. The third-order valence-corrected chi connectivity index (χ3v) is 5.36. The van der Waals surface area contributed by atoms with Gasteiger partial charge in [0.1, 0.15) is 0 Å². The van der Waals surface area contributed by atoms with Gasteiger partial charge in [-0.3, -0.25) is 4.79 Å². The van der Waals surface area contributed by atoms with Gasteiger partial charge in [0.2, 0.25) is 5.91 Å². The van der Waals surface area contributed by atoms with E-state index in [1.54, 1.807) is 24.3 Å². The van der Waals surface area contributed by atoms with Crippen LogP contribution in [-0.4, -0.2) is 29.1 Å². The van der Waals surface area contributed by atoms with Crippen molar-refractivity contribution in [1.29, 1.82) is 0 Å². The molecule has 1 saturated heterocycles. The molecule has 1 spiro atoms. The maximum Gasteiger partial charge on any atom is 0.335 e. The van der Waals surface area contributed by atoms with Crippen molar-refractivity contribution in [1.82, 2.24) is 10.6 Å². The predicted octanol–water partition coefficient (Wildman–Crippen LogP) is 2.48. The fourth-order valence-electron chi connectivity index (χ4n) is 3.62. The van der Waals surface area contributed by atoms with Crippen LogP contribution in [0.2, 0.25) is 0 Å². The molecule has 23 heavy (non-hydrogen) atoms. The van der Waals surface area contributed by atoms with Gasteiger partial charge in [-0.15, -0.1) is 0 Å². The third kappa shape index (κ3) is 3.24. The predicted molar refractivity (Wildman–Crippen MR) is 87.3 cm³/mol. The first-order valence-corrected chi connectivity index (χ1v) is 8.23. The van der Waals surface area contributed by atoms with Gasteiger partial charge in [0.05, 0.1) is 17.1 Å². The third-order valence-electron chi connectivity index (χ3n) is 5.36. The van der Waals surface area contributed by atoms with Gasteiger partial charge in [-0.05, 0) is 69.2 Å². The Bertz CT molecular complexity index is 622. The van der Waals surface area contributed by atoms with Crippen molar-refractivity contribution < 1.29 is 14.7 Å². The lowest BCUT2D eigenvalue weighted by molar-refractivity contribution is -0.129. The minimum atomic E-state index is -0.943. The Labute approximate surface area is 136 Å². The fraction of sp³-hybridized carbons (Fsp3) is 0.556. The standard InChI is InChI=1S/C18H24N2O3/c1-12(13-3-5-14(6-4-13)15(21)22)20-16(23)17(2)11-18(7-8-18)9-10-19-17/h3-6,12,19H,7-11H2,1-2H3,(H,20,23)(H,21,22)/t12-,17?/m0/s1. The summed E-state index contributed by atoms with van der Waals surface area (Å²) in [5.41, 5.74) is 1.04. The Morgan fingerprint density at radius 3 is 2.43 bits per heavy atom. The summed E-state index contributed by atoms with van der Waals surface area (Å²) in [6, 6.07) is 6.50. The lowest BCUT2D eigenvalue weighted by Gasteiger charge is -2.39. The van der Waals surface area contributed by atoms with Crippen LogP contribution in [0.5, 0.6) is 0 Å². The zero-order chi connectivity index (χ0) is 16.7. The highest BCUT2D eigenvalue weighted by atomic mass is 16.4. The number of amides is 1. The molecule has 1 unspecified atom stereocenters. The molecule has 5 nitrogen and oxygen atoms in total. The molecule has 0 bridgehead atoms. The Morgan fingerprint density at radius 1 is 1.22 bits per heavy atom. The monoisotopic (exact) mass is 316 g/mol. The second-order valence-electron chi connectivity index (χ2n) is 7.31. The first-order chi connectivity index (χ1) is 10.8. The van der Waals surface area contributed by atoms with Crippen molar-refractivity contribution in [2.75, 3.05) is 6.54 Å². The van der Waals surface area contributed by atoms with E-state index in [4.69, 9.17) is 5.11 Å². The largest absolute Gasteiger partial charge is 0.478 e. The molecule has 124 valence electrons. The summed E-state index contributed by atoms with van der Waals surface area (Å²) >= 11 is 0.